The maximum absolute atomic E-state index is 12.8. The first-order valence-electron chi connectivity index (χ1n) is 10.7. The first-order chi connectivity index (χ1) is 15.5. The first kappa shape index (κ1) is 21.9. The summed E-state index contributed by atoms with van der Waals surface area (Å²) in [6, 6.07) is 9.53. The predicted molar refractivity (Wildman–Crippen MR) is 129 cm³/mol. The lowest BCUT2D eigenvalue weighted by Gasteiger charge is -2.26. The zero-order valence-corrected chi connectivity index (χ0v) is 19.3. The van der Waals surface area contributed by atoms with Gasteiger partial charge in [0.2, 0.25) is 0 Å². The van der Waals surface area contributed by atoms with Gasteiger partial charge in [0.15, 0.2) is 5.65 Å². The lowest BCUT2D eigenvalue weighted by molar-refractivity contribution is 0.0938. The van der Waals surface area contributed by atoms with Gasteiger partial charge in [0.25, 0.3) is 5.91 Å². The summed E-state index contributed by atoms with van der Waals surface area (Å²) >= 11 is 1.63. The average molecular weight is 450 g/mol. The van der Waals surface area contributed by atoms with Crippen molar-refractivity contribution < 1.29 is 4.79 Å². The molecule has 4 aromatic rings. The van der Waals surface area contributed by atoms with Crippen molar-refractivity contribution in [2.45, 2.75) is 26.8 Å². The third-order valence-corrected chi connectivity index (χ3v) is 6.41. The van der Waals surface area contributed by atoms with E-state index < -0.39 is 0 Å². The number of thiophene rings is 1. The highest BCUT2D eigenvalue weighted by Crippen LogP contribution is 2.27. The lowest BCUT2D eigenvalue weighted by Crippen LogP contribution is -2.42. The van der Waals surface area contributed by atoms with Crippen LogP contribution in [0.15, 0.2) is 48.1 Å². The van der Waals surface area contributed by atoms with E-state index in [1.54, 1.807) is 34.2 Å². The standard InChI is InChI=1S/C23H27N7OS/c1-4-29(5-2)15(3)13-25-23(31)16-11-19(27-21(24)12-16)17-14-26-30-9-8-18(28-22(17)30)20-7-6-10-32-20/h6-12,14-15H,4-5,13H2,1-3H3,(H2,24,27)(H,25,31). The molecule has 4 rings (SSSR count). The molecule has 8 nitrogen and oxygen atoms in total. The third kappa shape index (κ3) is 4.49. The van der Waals surface area contributed by atoms with Gasteiger partial charge in [-0.25, -0.2) is 14.5 Å². The number of aromatic nitrogens is 4. The number of anilines is 1. The van der Waals surface area contributed by atoms with Crippen LogP contribution in [0, 0.1) is 0 Å². The minimum Gasteiger partial charge on any atom is -0.384 e. The van der Waals surface area contributed by atoms with Gasteiger partial charge in [-0.2, -0.15) is 5.10 Å². The molecular weight excluding hydrogens is 422 g/mol. The van der Waals surface area contributed by atoms with Gasteiger partial charge in [0.1, 0.15) is 5.82 Å². The molecular formula is C23H27N7OS. The van der Waals surface area contributed by atoms with Gasteiger partial charge in [-0.15, -0.1) is 11.3 Å². The molecule has 0 aromatic carbocycles. The molecule has 32 heavy (non-hydrogen) atoms. The average Bonchev–Trinajstić information content (AvgIpc) is 3.47. The van der Waals surface area contributed by atoms with Gasteiger partial charge in [-0.05, 0) is 49.7 Å². The van der Waals surface area contributed by atoms with Crippen LogP contribution in [0.3, 0.4) is 0 Å². The van der Waals surface area contributed by atoms with Crippen molar-refractivity contribution in [1.29, 1.82) is 0 Å². The van der Waals surface area contributed by atoms with E-state index in [9.17, 15) is 4.79 Å². The van der Waals surface area contributed by atoms with E-state index in [0.29, 0.717) is 23.4 Å². The second kappa shape index (κ2) is 9.46. The maximum atomic E-state index is 12.8. The SMILES string of the molecule is CCN(CC)C(C)CNC(=O)c1cc(N)nc(-c2cnn3ccc(-c4cccs4)nc23)c1. The van der Waals surface area contributed by atoms with Crippen molar-refractivity contribution in [3.05, 3.63) is 53.7 Å². The molecule has 0 aliphatic heterocycles. The smallest absolute Gasteiger partial charge is 0.251 e. The molecule has 0 saturated carbocycles. The number of rotatable bonds is 8. The molecule has 4 aromatic heterocycles. The summed E-state index contributed by atoms with van der Waals surface area (Å²) in [6.45, 7) is 8.78. The Kier molecular flexibility index (Phi) is 6.48. The Labute approximate surface area is 191 Å². The van der Waals surface area contributed by atoms with Crippen molar-refractivity contribution in [3.63, 3.8) is 0 Å². The molecule has 1 atom stereocenters. The van der Waals surface area contributed by atoms with Crippen LogP contribution in [-0.4, -0.2) is 56.1 Å². The third-order valence-electron chi connectivity index (χ3n) is 5.52. The monoisotopic (exact) mass is 449 g/mol. The number of hydrogen-bond acceptors (Lipinski definition) is 7. The van der Waals surface area contributed by atoms with Crippen LogP contribution in [0.5, 0.6) is 0 Å². The summed E-state index contributed by atoms with van der Waals surface area (Å²) < 4.78 is 1.70. The molecule has 0 saturated heterocycles. The minimum atomic E-state index is -0.178. The summed E-state index contributed by atoms with van der Waals surface area (Å²) in [6.07, 6.45) is 3.57. The van der Waals surface area contributed by atoms with Crippen LogP contribution in [0.2, 0.25) is 0 Å². The van der Waals surface area contributed by atoms with E-state index in [0.717, 1.165) is 29.2 Å². The number of amides is 1. The summed E-state index contributed by atoms with van der Waals surface area (Å²) in [5.41, 5.74) is 9.34. The Morgan fingerprint density at radius 3 is 2.75 bits per heavy atom. The highest BCUT2D eigenvalue weighted by molar-refractivity contribution is 7.13. The van der Waals surface area contributed by atoms with Gasteiger partial charge < -0.3 is 11.1 Å². The normalized spacial score (nSPS) is 12.4. The molecule has 0 aliphatic carbocycles. The van der Waals surface area contributed by atoms with E-state index >= 15 is 0 Å². The molecule has 1 amide bonds. The Morgan fingerprint density at radius 2 is 2.03 bits per heavy atom. The molecule has 4 heterocycles. The van der Waals surface area contributed by atoms with Crippen LogP contribution in [0.1, 0.15) is 31.1 Å². The quantitative estimate of drug-likeness (QED) is 0.426. The van der Waals surface area contributed by atoms with E-state index in [1.165, 1.54) is 0 Å². The van der Waals surface area contributed by atoms with Crippen molar-refractivity contribution in [2.24, 2.45) is 0 Å². The summed E-state index contributed by atoms with van der Waals surface area (Å²) in [5.74, 6) is 0.0984. The van der Waals surface area contributed by atoms with Crippen LogP contribution < -0.4 is 11.1 Å². The minimum absolute atomic E-state index is 0.178. The fraction of sp³-hybridized carbons (Fsp3) is 0.304. The van der Waals surface area contributed by atoms with Crippen molar-refractivity contribution >= 4 is 28.7 Å². The van der Waals surface area contributed by atoms with Crippen molar-refractivity contribution in [1.82, 2.24) is 29.8 Å². The lowest BCUT2D eigenvalue weighted by atomic mass is 10.1. The number of carbonyl (C=O) groups is 1. The van der Waals surface area contributed by atoms with Gasteiger partial charge in [0, 0.05) is 24.3 Å². The van der Waals surface area contributed by atoms with Gasteiger partial charge in [-0.3, -0.25) is 9.69 Å². The molecule has 9 heteroatoms. The molecule has 0 aliphatic rings. The number of nitrogens with two attached hydrogens (primary N) is 1. The zero-order valence-electron chi connectivity index (χ0n) is 18.4. The van der Waals surface area contributed by atoms with Crippen LogP contribution >= 0.6 is 11.3 Å². The Morgan fingerprint density at radius 1 is 1.22 bits per heavy atom. The van der Waals surface area contributed by atoms with Crippen LogP contribution in [0.4, 0.5) is 5.82 Å². The number of pyridine rings is 1. The Balaban J connectivity index is 1.62. The molecule has 1 unspecified atom stereocenters. The number of fused-ring (bicyclic) bond motifs is 1. The molecule has 0 bridgehead atoms. The second-order valence-electron chi connectivity index (χ2n) is 7.56. The molecule has 0 fully saturated rings. The molecule has 3 N–H and O–H groups in total. The Hall–Kier alpha value is -3.30. The number of likely N-dealkylation sites (N-methyl/N-ethyl adjacent to an activating group) is 1. The molecule has 0 radical (unpaired) electrons. The topological polar surface area (TPSA) is 101 Å². The van der Waals surface area contributed by atoms with E-state index in [1.807, 2.05) is 29.8 Å². The number of carbonyl (C=O) groups excluding carboxylic acids is 1. The molecule has 166 valence electrons. The van der Waals surface area contributed by atoms with Gasteiger partial charge in [0.05, 0.1) is 28.0 Å². The highest BCUT2D eigenvalue weighted by Gasteiger charge is 2.17. The Bertz CT molecular complexity index is 1210. The highest BCUT2D eigenvalue weighted by atomic mass is 32.1. The summed E-state index contributed by atoms with van der Waals surface area (Å²) in [5, 5.41) is 9.42. The molecule has 0 spiro atoms. The fourth-order valence-electron chi connectivity index (χ4n) is 3.75. The second-order valence-corrected chi connectivity index (χ2v) is 8.51. The van der Waals surface area contributed by atoms with E-state index in [4.69, 9.17) is 10.7 Å². The predicted octanol–water partition coefficient (Wildman–Crippen LogP) is 3.56. The largest absolute Gasteiger partial charge is 0.384 e. The van der Waals surface area contributed by atoms with E-state index in [-0.39, 0.29) is 17.8 Å². The first-order valence-corrected chi connectivity index (χ1v) is 11.6. The summed E-state index contributed by atoms with van der Waals surface area (Å²) in [4.78, 5) is 25.4. The maximum Gasteiger partial charge on any atom is 0.251 e. The zero-order chi connectivity index (χ0) is 22.7. The van der Waals surface area contributed by atoms with Crippen molar-refractivity contribution in [3.8, 4) is 21.8 Å². The number of hydrogen-bond donors (Lipinski definition) is 2. The van der Waals surface area contributed by atoms with Gasteiger partial charge in [-0.1, -0.05) is 19.9 Å². The van der Waals surface area contributed by atoms with Crippen LogP contribution in [-0.2, 0) is 0 Å². The van der Waals surface area contributed by atoms with Gasteiger partial charge >= 0.3 is 0 Å². The number of nitrogen functional groups attached to an aromatic ring is 1. The summed E-state index contributed by atoms with van der Waals surface area (Å²) in [7, 11) is 0. The fourth-order valence-corrected chi connectivity index (χ4v) is 4.45. The number of nitrogens with zero attached hydrogens (tertiary/aromatic N) is 5. The number of nitrogens with one attached hydrogen (secondary N) is 1. The van der Waals surface area contributed by atoms with Crippen LogP contribution in [0.25, 0.3) is 27.5 Å². The van der Waals surface area contributed by atoms with E-state index in [2.05, 4.69) is 41.1 Å². The van der Waals surface area contributed by atoms with Crippen molar-refractivity contribution in [2.75, 3.05) is 25.4 Å².